The topological polar surface area (TPSA) is 62.7 Å². The van der Waals surface area contributed by atoms with E-state index in [1.165, 1.54) is 0 Å². The normalized spacial score (nSPS) is 12.2. The zero-order valence-electron chi connectivity index (χ0n) is 11.0. The molecule has 6 heteroatoms. The molecule has 0 spiro atoms. The maximum Gasteiger partial charge on any atom is 0.224 e. The third-order valence-corrected chi connectivity index (χ3v) is 3.59. The highest BCUT2D eigenvalue weighted by Gasteiger charge is 2.10. The van der Waals surface area contributed by atoms with E-state index in [0.717, 1.165) is 22.2 Å². The molecule has 0 fully saturated rings. The molecule has 5 nitrogen and oxygen atoms in total. The van der Waals surface area contributed by atoms with E-state index in [-0.39, 0.29) is 6.04 Å². The molecule has 0 aliphatic heterocycles. The fraction of sp³-hybridized carbons (Fsp3) is 0.417. The van der Waals surface area contributed by atoms with Gasteiger partial charge in [-0.25, -0.2) is 9.97 Å². The second kappa shape index (κ2) is 5.30. The highest BCUT2D eigenvalue weighted by Crippen LogP contribution is 2.22. The first kappa shape index (κ1) is 12.8. The summed E-state index contributed by atoms with van der Waals surface area (Å²) in [6.45, 7) is 6.03. The Morgan fingerprint density at radius 2 is 1.94 bits per heavy atom. The summed E-state index contributed by atoms with van der Waals surface area (Å²) in [6, 6.07) is 2.07. The molecule has 0 bridgehead atoms. The van der Waals surface area contributed by atoms with Gasteiger partial charge in [0.25, 0.3) is 0 Å². The molecular formula is C12H17N5S. The molecule has 0 saturated carbocycles. The Kier molecular flexibility index (Phi) is 3.76. The summed E-state index contributed by atoms with van der Waals surface area (Å²) in [7, 11) is 1.81. The minimum Gasteiger partial charge on any atom is -0.361 e. The van der Waals surface area contributed by atoms with Crippen LogP contribution in [-0.4, -0.2) is 22.0 Å². The van der Waals surface area contributed by atoms with Crippen LogP contribution in [0.5, 0.6) is 0 Å². The van der Waals surface area contributed by atoms with E-state index in [4.69, 9.17) is 0 Å². The fourth-order valence-electron chi connectivity index (χ4n) is 1.61. The third kappa shape index (κ3) is 2.95. The zero-order chi connectivity index (χ0) is 13.1. The molecule has 18 heavy (non-hydrogen) atoms. The number of nitrogens with zero attached hydrogens (tertiary/aromatic N) is 3. The number of thiazole rings is 1. The van der Waals surface area contributed by atoms with Crippen molar-refractivity contribution in [2.24, 2.45) is 0 Å². The lowest BCUT2D eigenvalue weighted by Crippen LogP contribution is -2.09. The van der Waals surface area contributed by atoms with E-state index in [1.54, 1.807) is 11.3 Å². The van der Waals surface area contributed by atoms with Gasteiger partial charge in [-0.15, -0.1) is 11.3 Å². The van der Waals surface area contributed by atoms with Crippen LogP contribution >= 0.6 is 11.3 Å². The van der Waals surface area contributed by atoms with Gasteiger partial charge in [-0.3, -0.25) is 0 Å². The summed E-state index contributed by atoms with van der Waals surface area (Å²) < 4.78 is 0. The lowest BCUT2D eigenvalue weighted by molar-refractivity contribution is 0.852. The van der Waals surface area contributed by atoms with Crippen molar-refractivity contribution in [3.05, 3.63) is 27.8 Å². The molecule has 1 unspecified atom stereocenters. The average molecular weight is 263 g/mol. The molecule has 2 aromatic rings. The summed E-state index contributed by atoms with van der Waals surface area (Å²) >= 11 is 1.66. The minimum atomic E-state index is 0.141. The number of hydrogen-bond donors (Lipinski definition) is 2. The summed E-state index contributed by atoms with van der Waals surface area (Å²) in [6.07, 6.45) is 0. The summed E-state index contributed by atoms with van der Waals surface area (Å²) in [4.78, 5) is 13.1. The molecule has 0 saturated heterocycles. The summed E-state index contributed by atoms with van der Waals surface area (Å²) in [5.74, 6) is 1.44. The standard InChI is InChI=1S/C12H17N5S/c1-7-5-10(17-12(13-4)15-7)16-9(3)11-14-8(2)6-18-11/h5-6,9H,1-4H3,(H2,13,15,16,17). The number of anilines is 2. The Hall–Kier alpha value is -1.69. The van der Waals surface area contributed by atoms with Gasteiger partial charge in [-0.1, -0.05) is 0 Å². The lowest BCUT2D eigenvalue weighted by atomic mass is 10.3. The van der Waals surface area contributed by atoms with Crippen LogP contribution in [0, 0.1) is 13.8 Å². The molecule has 2 rings (SSSR count). The van der Waals surface area contributed by atoms with E-state index in [9.17, 15) is 0 Å². The molecule has 2 heterocycles. The number of nitrogens with one attached hydrogen (secondary N) is 2. The summed E-state index contributed by atoms with van der Waals surface area (Å²) in [5, 5.41) is 9.41. The Labute approximate surface area is 111 Å². The maximum absolute atomic E-state index is 4.47. The molecule has 2 N–H and O–H groups in total. The highest BCUT2D eigenvalue weighted by atomic mass is 32.1. The van der Waals surface area contributed by atoms with Gasteiger partial charge in [0.05, 0.1) is 6.04 Å². The van der Waals surface area contributed by atoms with Crippen molar-refractivity contribution in [3.63, 3.8) is 0 Å². The second-order valence-electron chi connectivity index (χ2n) is 4.16. The van der Waals surface area contributed by atoms with Crippen LogP contribution in [0.3, 0.4) is 0 Å². The zero-order valence-corrected chi connectivity index (χ0v) is 11.8. The molecule has 0 radical (unpaired) electrons. The van der Waals surface area contributed by atoms with Crippen LogP contribution in [0.4, 0.5) is 11.8 Å². The van der Waals surface area contributed by atoms with Gasteiger partial charge in [0.1, 0.15) is 10.8 Å². The Morgan fingerprint density at radius 3 is 2.56 bits per heavy atom. The van der Waals surface area contributed by atoms with Crippen molar-refractivity contribution in [1.29, 1.82) is 0 Å². The van der Waals surface area contributed by atoms with Gasteiger partial charge < -0.3 is 10.6 Å². The first-order valence-electron chi connectivity index (χ1n) is 5.80. The fourth-order valence-corrected chi connectivity index (χ4v) is 2.41. The molecule has 0 aliphatic carbocycles. The van der Waals surface area contributed by atoms with Gasteiger partial charge in [0.15, 0.2) is 0 Å². The van der Waals surface area contributed by atoms with Crippen LogP contribution in [0.1, 0.15) is 29.4 Å². The van der Waals surface area contributed by atoms with E-state index in [2.05, 4.69) is 37.9 Å². The smallest absolute Gasteiger partial charge is 0.224 e. The first-order valence-corrected chi connectivity index (χ1v) is 6.68. The Bertz CT molecular complexity index is 537. The van der Waals surface area contributed by atoms with E-state index < -0.39 is 0 Å². The quantitative estimate of drug-likeness (QED) is 0.888. The van der Waals surface area contributed by atoms with Gasteiger partial charge in [0.2, 0.25) is 5.95 Å². The lowest BCUT2D eigenvalue weighted by Gasteiger charge is -2.13. The number of aryl methyl sites for hydroxylation is 2. The number of hydrogen-bond acceptors (Lipinski definition) is 6. The highest BCUT2D eigenvalue weighted by molar-refractivity contribution is 7.09. The van der Waals surface area contributed by atoms with Crippen LogP contribution < -0.4 is 10.6 Å². The Balaban J connectivity index is 2.16. The molecule has 2 aromatic heterocycles. The monoisotopic (exact) mass is 263 g/mol. The van der Waals surface area contributed by atoms with Gasteiger partial charge in [-0.2, -0.15) is 4.98 Å². The van der Waals surface area contributed by atoms with Gasteiger partial charge in [0, 0.05) is 29.9 Å². The SMILES string of the molecule is CNc1nc(C)cc(NC(C)c2nc(C)cs2)n1. The van der Waals surface area contributed by atoms with Crippen molar-refractivity contribution in [2.45, 2.75) is 26.8 Å². The van der Waals surface area contributed by atoms with Crippen molar-refractivity contribution in [2.75, 3.05) is 17.7 Å². The molecule has 96 valence electrons. The first-order chi connectivity index (χ1) is 8.58. The molecule has 0 amide bonds. The van der Waals surface area contributed by atoms with Gasteiger partial charge >= 0.3 is 0 Å². The largest absolute Gasteiger partial charge is 0.361 e. The van der Waals surface area contributed by atoms with Crippen LogP contribution in [0.2, 0.25) is 0 Å². The van der Waals surface area contributed by atoms with Gasteiger partial charge in [-0.05, 0) is 20.8 Å². The predicted octanol–water partition coefficient (Wildman–Crippen LogP) is 2.76. The van der Waals surface area contributed by atoms with Crippen LogP contribution in [0.15, 0.2) is 11.4 Å². The predicted molar refractivity (Wildman–Crippen MR) is 75.2 cm³/mol. The Morgan fingerprint density at radius 1 is 1.17 bits per heavy atom. The van der Waals surface area contributed by atoms with Crippen LogP contribution in [0.25, 0.3) is 0 Å². The van der Waals surface area contributed by atoms with E-state index >= 15 is 0 Å². The number of rotatable bonds is 4. The number of aromatic nitrogens is 3. The molecule has 0 aliphatic rings. The summed E-state index contributed by atoms with van der Waals surface area (Å²) in [5.41, 5.74) is 1.98. The molecule has 1 atom stereocenters. The van der Waals surface area contributed by atoms with Crippen LogP contribution in [-0.2, 0) is 0 Å². The molecule has 0 aromatic carbocycles. The van der Waals surface area contributed by atoms with E-state index in [1.807, 2.05) is 27.0 Å². The average Bonchev–Trinajstić information content (AvgIpc) is 2.75. The molecular weight excluding hydrogens is 246 g/mol. The van der Waals surface area contributed by atoms with E-state index in [0.29, 0.717) is 5.95 Å². The van der Waals surface area contributed by atoms with Crippen molar-refractivity contribution >= 4 is 23.1 Å². The van der Waals surface area contributed by atoms with Crippen molar-refractivity contribution < 1.29 is 0 Å². The van der Waals surface area contributed by atoms with Crippen molar-refractivity contribution in [1.82, 2.24) is 15.0 Å². The second-order valence-corrected chi connectivity index (χ2v) is 5.05. The minimum absolute atomic E-state index is 0.141. The third-order valence-electron chi connectivity index (χ3n) is 2.45. The van der Waals surface area contributed by atoms with Crippen molar-refractivity contribution in [3.8, 4) is 0 Å². The maximum atomic E-state index is 4.47.